The zero-order valence-corrected chi connectivity index (χ0v) is 10.9. The van der Waals surface area contributed by atoms with Crippen LogP contribution >= 0.6 is 0 Å². The molecule has 3 rings (SSSR count). The largest absolute Gasteiger partial charge is 0.342 e. The van der Waals surface area contributed by atoms with E-state index in [4.69, 9.17) is 0 Å². The Labute approximate surface area is 109 Å². The van der Waals surface area contributed by atoms with E-state index in [9.17, 15) is 4.79 Å². The first kappa shape index (κ1) is 11.8. The van der Waals surface area contributed by atoms with E-state index < -0.39 is 0 Å². The van der Waals surface area contributed by atoms with Crippen molar-refractivity contribution < 1.29 is 4.79 Å². The van der Waals surface area contributed by atoms with Crippen molar-refractivity contribution in [2.24, 2.45) is 0 Å². The summed E-state index contributed by atoms with van der Waals surface area (Å²) in [6, 6.07) is 10.3. The van der Waals surface area contributed by atoms with Crippen LogP contribution in [-0.4, -0.2) is 23.9 Å². The molecular weight excluding hydrogens is 222 g/mol. The minimum atomic E-state index is -0.161. The zero-order chi connectivity index (χ0) is 12.4. The third-order valence-electron chi connectivity index (χ3n) is 4.38. The van der Waals surface area contributed by atoms with Crippen LogP contribution < -0.4 is 0 Å². The summed E-state index contributed by atoms with van der Waals surface area (Å²) in [4.78, 5) is 14.9. The number of carbonyl (C=O) groups is 1. The summed E-state index contributed by atoms with van der Waals surface area (Å²) >= 11 is 0. The van der Waals surface area contributed by atoms with Gasteiger partial charge in [-0.1, -0.05) is 43.2 Å². The summed E-state index contributed by atoms with van der Waals surface area (Å²) in [7, 11) is 0. The van der Waals surface area contributed by atoms with Gasteiger partial charge in [-0.25, -0.2) is 0 Å². The van der Waals surface area contributed by atoms with Crippen molar-refractivity contribution in [2.75, 3.05) is 13.1 Å². The molecule has 1 amide bonds. The molecular formula is C16H21NO. The molecule has 0 radical (unpaired) electrons. The molecule has 1 saturated heterocycles. The standard InChI is InChI=1S/C16H21NO/c18-15(17-12-6-1-2-7-13-17)16(10-11-16)14-8-4-3-5-9-14/h3-5,8-9H,1-2,6-7,10-13H2. The average Bonchev–Trinajstić information content (AvgIpc) is 3.24. The topological polar surface area (TPSA) is 20.3 Å². The van der Waals surface area contributed by atoms with Crippen LogP contribution in [0.15, 0.2) is 30.3 Å². The van der Waals surface area contributed by atoms with Gasteiger partial charge in [0.05, 0.1) is 5.41 Å². The molecule has 1 aromatic carbocycles. The van der Waals surface area contributed by atoms with E-state index in [1.54, 1.807) is 0 Å². The van der Waals surface area contributed by atoms with E-state index in [0.717, 1.165) is 25.9 Å². The van der Waals surface area contributed by atoms with Crippen molar-refractivity contribution in [2.45, 2.75) is 43.9 Å². The predicted octanol–water partition coefficient (Wildman–Crippen LogP) is 3.12. The highest BCUT2D eigenvalue weighted by Crippen LogP contribution is 2.49. The van der Waals surface area contributed by atoms with Gasteiger partial charge in [-0.2, -0.15) is 0 Å². The van der Waals surface area contributed by atoms with E-state index in [-0.39, 0.29) is 5.41 Å². The van der Waals surface area contributed by atoms with Crippen LogP contribution in [0.3, 0.4) is 0 Å². The maximum Gasteiger partial charge on any atom is 0.233 e. The molecule has 2 aliphatic rings. The highest BCUT2D eigenvalue weighted by Gasteiger charge is 2.52. The molecule has 0 bridgehead atoms. The Morgan fingerprint density at radius 3 is 2.11 bits per heavy atom. The quantitative estimate of drug-likeness (QED) is 0.781. The average molecular weight is 243 g/mol. The molecule has 2 fully saturated rings. The minimum absolute atomic E-state index is 0.161. The number of benzene rings is 1. The summed E-state index contributed by atoms with van der Waals surface area (Å²) in [6.07, 6.45) is 6.98. The summed E-state index contributed by atoms with van der Waals surface area (Å²) in [5.74, 6) is 0.385. The molecule has 1 aliphatic heterocycles. The molecule has 2 heteroatoms. The van der Waals surface area contributed by atoms with E-state index >= 15 is 0 Å². The van der Waals surface area contributed by atoms with Crippen molar-refractivity contribution in [1.82, 2.24) is 4.90 Å². The molecule has 0 N–H and O–H groups in total. The summed E-state index contributed by atoms with van der Waals surface area (Å²) in [5, 5.41) is 0. The molecule has 1 saturated carbocycles. The van der Waals surface area contributed by atoms with E-state index in [1.807, 2.05) is 18.2 Å². The third kappa shape index (κ3) is 2.05. The van der Waals surface area contributed by atoms with Crippen molar-refractivity contribution in [1.29, 1.82) is 0 Å². The summed E-state index contributed by atoms with van der Waals surface area (Å²) in [5.41, 5.74) is 1.06. The van der Waals surface area contributed by atoms with Crippen molar-refractivity contribution >= 4 is 5.91 Å². The Balaban J connectivity index is 1.79. The molecule has 0 aromatic heterocycles. The van der Waals surface area contributed by atoms with Crippen LogP contribution in [-0.2, 0) is 10.2 Å². The van der Waals surface area contributed by atoms with Crippen molar-refractivity contribution in [3.8, 4) is 0 Å². The lowest BCUT2D eigenvalue weighted by Crippen LogP contribution is -2.39. The summed E-state index contributed by atoms with van der Waals surface area (Å²) < 4.78 is 0. The normalized spacial score (nSPS) is 22.3. The van der Waals surface area contributed by atoms with Gasteiger partial charge < -0.3 is 4.90 Å². The van der Waals surface area contributed by atoms with Gasteiger partial charge in [-0.05, 0) is 31.2 Å². The molecule has 0 atom stereocenters. The molecule has 0 unspecified atom stereocenters. The Bertz CT molecular complexity index is 414. The number of carbonyl (C=O) groups excluding carboxylic acids is 1. The lowest BCUT2D eigenvalue weighted by Gasteiger charge is -2.26. The van der Waals surface area contributed by atoms with Gasteiger partial charge in [0.1, 0.15) is 0 Å². The van der Waals surface area contributed by atoms with Gasteiger partial charge in [0, 0.05) is 13.1 Å². The second-order valence-electron chi connectivity index (χ2n) is 5.65. The van der Waals surface area contributed by atoms with Gasteiger partial charge in [-0.15, -0.1) is 0 Å². The fourth-order valence-corrected chi connectivity index (χ4v) is 3.08. The SMILES string of the molecule is O=C(N1CCCCCC1)C1(c2ccccc2)CC1. The maximum absolute atomic E-state index is 12.8. The first-order chi connectivity index (χ1) is 8.83. The summed E-state index contributed by atoms with van der Waals surface area (Å²) in [6.45, 7) is 1.93. The fraction of sp³-hybridized carbons (Fsp3) is 0.562. The first-order valence-electron chi connectivity index (χ1n) is 7.18. The van der Waals surface area contributed by atoms with Crippen molar-refractivity contribution in [3.05, 3.63) is 35.9 Å². The predicted molar refractivity (Wildman–Crippen MR) is 72.4 cm³/mol. The fourth-order valence-electron chi connectivity index (χ4n) is 3.08. The van der Waals surface area contributed by atoms with Gasteiger partial charge in [-0.3, -0.25) is 4.79 Å². The second kappa shape index (κ2) is 4.75. The smallest absolute Gasteiger partial charge is 0.233 e. The number of amides is 1. The van der Waals surface area contributed by atoms with E-state index in [2.05, 4.69) is 17.0 Å². The molecule has 1 aliphatic carbocycles. The van der Waals surface area contributed by atoms with Gasteiger partial charge in [0.25, 0.3) is 0 Å². The van der Waals surface area contributed by atoms with Gasteiger partial charge >= 0.3 is 0 Å². The highest BCUT2D eigenvalue weighted by molar-refractivity contribution is 5.91. The number of nitrogens with zero attached hydrogens (tertiary/aromatic N) is 1. The highest BCUT2D eigenvalue weighted by atomic mass is 16.2. The Hall–Kier alpha value is -1.31. The van der Waals surface area contributed by atoms with Crippen LogP contribution in [0.5, 0.6) is 0 Å². The Morgan fingerprint density at radius 2 is 1.56 bits per heavy atom. The Kier molecular flexibility index (Phi) is 3.11. The number of hydrogen-bond donors (Lipinski definition) is 0. The van der Waals surface area contributed by atoms with Crippen LogP contribution in [0.25, 0.3) is 0 Å². The van der Waals surface area contributed by atoms with Crippen LogP contribution in [0, 0.1) is 0 Å². The molecule has 1 aromatic rings. The monoisotopic (exact) mass is 243 g/mol. The molecule has 96 valence electrons. The number of hydrogen-bond acceptors (Lipinski definition) is 1. The zero-order valence-electron chi connectivity index (χ0n) is 10.9. The van der Waals surface area contributed by atoms with E-state index in [0.29, 0.717) is 5.91 Å². The lowest BCUT2D eigenvalue weighted by molar-refractivity contribution is -0.133. The van der Waals surface area contributed by atoms with Crippen LogP contribution in [0.2, 0.25) is 0 Å². The number of likely N-dealkylation sites (tertiary alicyclic amines) is 1. The van der Waals surface area contributed by atoms with Crippen LogP contribution in [0.1, 0.15) is 44.1 Å². The first-order valence-corrected chi connectivity index (χ1v) is 7.18. The molecule has 18 heavy (non-hydrogen) atoms. The molecule has 2 nitrogen and oxygen atoms in total. The maximum atomic E-state index is 12.8. The van der Waals surface area contributed by atoms with Crippen LogP contribution in [0.4, 0.5) is 0 Å². The Morgan fingerprint density at radius 1 is 0.944 bits per heavy atom. The number of rotatable bonds is 2. The third-order valence-corrected chi connectivity index (χ3v) is 4.38. The van der Waals surface area contributed by atoms with Gasteiger partial charge in [0.15, 0.2) is 0 Å². The minimum Gasteiger partial charge on any atom is -0.342 e. The van der Waals surface area contributed by atoms with Gasteiger partial charge in [0.2, 0.25) is 5.91 Å². The second-order valence-corrected chi connectivity index (χ2v) is 5.65. The molecule has 1 heterocycles. The molecule has 0 spiro atoms. The van der Waals surface area contributed by atoms with E-state index in [1.165, 1.54) is 31.2 Å². The lowest BCUT2D eigenvalue weighted by atomic mass is 9.94. The van der Waals surface area contributed by atoms with Crippen molar-refractivity contribution in [3.63, 3.8) is 0 Å².